The summed E-state index contributed by atoms with van der Waals surface area (Å²) in [5.74, 6) is 0.773. The molecule has 0 aliphatic carbocycles. The third-order valence-corrected chi connectivity index (χ3v) is 4.06. The maximum absolute atomic E-state index is 12.5. The highest BCUT2D eigenvalue weighted by atomic mass is 16.1. The van der Waals surface area contributed by atoms with Crippen LogP contribution in [0.3, 0.4) is 0 Å². The van der Waals surface area contributed by atoms with Crippen molar-refractivity contribution >= 4 is 16.9 Å². The van der Waals surface area contributed by atoms with Crippen LogP contribution < -0.4 is 5.32 Å². The van der Waals surface area contributed by atoms with Crippen LogP contribution in [0.2, 0.25) is 0 Å². The quantitative estimate of drug-likeness (QED) is 0.519. The third kappa shape index (κ3) is 3.30. The van der Waals surface area contributed by atoms with Gasteiger partial charge in [0.1, 0.15) is 12.2 Å². The smallest absolute Gasteiger partial charge is 0.253 e. The number of para-hydroxylation sites is 3. The van der Waals surface area contributed by atoms with E-state index in [1.165, 1.54) is 11.0 Å². The highest BCUT2D eigenvalue weighted by Crippen LogP contribution is 2.13. The maximum atomic E-state index is 12.5. The molecule has 0 bridgehead atoms. The number of aryl methyl sites for hydroxylation is 1. The molecule has 26 heavy (non-hydrogen) atoms. The largest absolute Gasteiger partial charge is 0.352 e. The molecule has 0 unspecified atom stereocenters. The van der Waals surface area contributed by atoms with E-state index in [4.69, 9.17) is 0 Å². The lowest BCUT2D eigenvalue weighted by Gasteiger charge is -2.09. The second-order valence-electron chi connectivity index (χ2n) is 5.83. The number of tetrazole rings is 1. The molecule has 4 rings (SSSR count). The van der Waals surface area contributed by atoms with Crippen LogP contribution in [0.25, 0.3) is 16.7 Å². The molecule has 8 heteroatoms. The predicted molar refractivity (Wildman–Crippen MR) is 95.9 cm³/mol. The summed E-state index contributed by atoms with van der Waals surface area (Å²) >= 11 is 0. The Morgan fingerprint density at radius 1 is 1.12 bits per heavy atom. The molecule has 8 nitrogen and oxygen atoms in total. The molecule has 0 fully saturated rings. The number of aromatic amines is 1. The van der Waals surface area contributed by atoms with Crippen LogP contribution in [0, 0.1) is 0 Å². The van der Waals surface area contributed by atoms with E-state index in [0.29, 0.717) is 17.8 Å². The molecule has 0 aliphatic heterocycles. The molecular formula is C18H17N7O. The van der Waals surface area contributed by atoms with Gasteiger partial charge in [-0.25, -0.2) is 4.98 Å². The zero-order valence-corrected chi connectivity index (χ0v) is 14.0. The monoisotopic (exact) mass is 347 g/mol. The van der Waals surface area contributed by atoms with E-state index in [0.717, 1.165) is 29.7 Å². The van der Waals surface area contributed by atoms with Crippen LogP contribution in [0.5, 0.6) is 0 Å². The van der Waals surface area contributed by atoms with Crippen LogP contribution >= 0.6 is 0 Å². The highest BCUT2D eigenvalue weighted by Gasteiger charge is 2.12. The maximum Gasteiger partial charge on any atom is 0.253 e. The highest BCUT2D eigenvalue weighted by molar-refractivity contribution is 5.97. The van der Waals surface area contributed by atoms with Crippen molar-refractivity contribution in [3.63, 3.8) is 0 Å². The number of benzene rings is 2. The van der Waals surface area contributed by atoms with E-state index in [2.05, 4.69) is 30.8 Å². The van der Waals surface area contributed by atoms with Crippen molar-refractivity contribution in [2.24, 2.45) is 0 Å². The van der Waals surface area contributed by atoms with Gasteiger partial charge in [0.15, 0.2) is 0 Å². The zero-order chi connectivity index (χ0) is 17.8. The molecule has 2 aromatic carbocycles. The van der Waals surface area contributed by atoms with Gasteiger partial charge in [0.05, 0.1) is 22.3 Å². The first-order valence-electron chi connectivity index (χ1n) is 8.35. The molecule has 0 saturated heterocycles. The SMILES string of the molecule is O=C(NCCCc1nc2ccccc2[nH]1)c1ccccc1-n1cnnn1. The Labute approximate surface area is 149 Å². The second-order valence-corrected chi connectivity index (χ2v) is 5.83. The number of carbonyl (C=O) groups excluding carboxylic acids is 1. The lowest BCUT2D eigenvalue weighted by molar-refractivity contribution is 0.0953. The van der Waals surface area contributed by atoms with Crippen LogP contribution in [0.4, 0.5) is 0 Å². The number of carbonyl (C=O) groups is 1. The Hall–Kier alpha value is -3.55. The molecule has 1 amide bonds. The Bertz CT molecular complexity index is 990. The van der Waals surface area contributed by atoms with Crippen LogP contribution in [0.15, 0.2) is 54.9 Å². The number of rotatable bonds is 6. The van der Waals surface area contributed by atoms with Gasteiger partial charge < -0.3 is 10.3 Å². The van der Waals surface area contributed by atoms with Gasteiger partial charge >= 0.3 is 0 Å². The van der Waals surface area contributed by atoms with Crippen molar-refractivity contribution in [1.82, 2.24) is 35.5 Å². The number of hydrogen-bond acceptors (Lipinski definition) is 5. The van der Waals surface area contributed by atoms with Gasteiger partial charge in [0.2, 0.25) is 0 Å². The van der Waals surface area contributed by atoms with E-state index in [1.807, 2.05) is 36.4 Å². The van der Waals surface area contributed by atoms with Gasteiger partial charge in [-0.2, -0.15) is 4.68 Å². The summed E-state index contributed by atoms with van der Waals surface area (Å²) in [6, 6.07) is 15.1. The Balaban J connectivity index is 1.36. The van der Waals surface area contributed by atoms with Crippen molar-refractivity contribution in [2.45, 2.75) is 12.8 Å². The van der Waals surface area contributed by atoms with Crippen molar-refractivity contribution in [1.29, 1.82) is 0 Å². The number of amides is 1. The normalized spacial score (nSPS) is 10.9. The number of aromatic nitrogens is 6. The minimum absolute atomic E-state index is 0.152. The zero-order valence-electron chi connectivity index (χ0n) is 14.0. The molecule has 0 radical (unpaired) electrons. The fourth-order valence-electron chi connectivity index (χ4n) is 2.81. The van der Waals surface area contributed by atoms with Gasteiger partial charge in [-0.15, -0.1) is 5.10 Å². The average Bonchev–Trinajstić information content (AvgIpc) is 3.34. The van der Waals surface area contributed by atoms with Gasteiger partial charge in [0.25, 0.3) is 5.91 Å². The minimum Gasteiger partial charge on any atom is -0.352 e. The molecule has 130 valence electrons. The first kappa shape index (κ1) is 15.9. The number of hydrogen-bond donors (Lipinski definition) is 2. The van der Waals surface area contributed by atoms with E-state index in [9.17, 15) is 4.79 Å². The standard InChI is InChI=1S/C18H17N7O/c26-18(13-6-1-4-9-16(13)25-12-20-23-24-25)19-11-5-10-17-21-14-7-2-3-8-15(14)22-17/h1-4,6-9,12H,5,10-11H2,(H,19,26)(H,21,22). The van der Waals surface area contributed by atoms with Gasteiger partial charge in [0, 0.05) is 13.0 Å². The molecule has 2 heterocycles. The van der Waals surface area contributed by atoms with Crippen molar-refractivity contribution in [2.75, 3.05) is 6.54 Å². The fourth-order valence-corrected chi connectivity index (χ4v) is 2.81. The molecule has 0 saturated carbocycles. The van der Waals surface area contributed by atoms with E-state index in [1.54, 1.807) is 12.1 Å². The first-order chi connectivity index (χ1) is 12.8. The van der Waals surface area contributed by atoms with Crippen LogP contribution in [-0.4, -0.2) is 42.6 Å². The van der Waals surface area contributed by atoms with Gasteiger partial charge in [-0.05, 0) is 41.1 Å². The molecule has 0 atom stereocenters. The van der Waals surface area contributed by atoms with E-state index in [-0.39, 0.29) is 5.91 Å². The summed E-state index contributed by atoms with van der Waals surface area (Å²) in [7, 11) is 0. The third-order valence-electron chi connectivity index (χ3n) is 4.06. The lowest BCUT2D eigenvalue weighted by Crippen LogP contribution is -2.26. The number of H-pyrrole nitrogens is 1. The molecule has 0 aliphatic rings. The van der Waals surface area contributed by atoms with Gasteiger partial charge in [-0.3, -0.25) is 4.79 Å². The molecule has 0 spiro atoms. The number of imidazole rings is 1. The second kappa shape index (κ2) is 7.14. The predicted octanol–water partition coefficient (Wildman–Crippen LogP) is 1.90. The summed E-state index contributed by atoms with van der Waals surface area (Å²) in [5.41, 5.74) is 3.17. The van der Waals surface area contributed by atoms with Gasteiger partial charge in [-0.1, -0.05) is 24.3 Å². The average molecular weight is 347 g/mol. The van der Waals surface area contributed by atoms with Crippen molar-refractivity contribution in [3.8, 4) is 5.69 Å². The number of nitrogens with zero attached hydrogens (tertiary/aromatic N) is 5. The van der Waals surface area contributed by atoms with Crippen molar-refractivity contribution in [3.05, 3.63) is 66.2 Å². The minimum atomic E-state index is -0.152. The topological polar surface area (TPSA) is 101 Å². The van der Waals surface area contributed by atoms with E-state index >= 15 is 0 Å². The fraction of sp³-hybridized carbons (Fsp3) is 0.167. The molecule has 2 aromatic heterocycles. The summed E-state index contributed by atoms with van der Waals surface area (Å²) in [5, 5.41) is 14.0. The van der Waals surface area contributed by atoms with Crippen LogP contribution in [-0.2, 0) is 6.42 Å². The summed E-state index contributed by atoms with van der Waals surface area (Å²) in [4.78, 5) is 20.3. The summed E-state index contributed by atoms with van der Waals surface area (Å²) in [6.07, 6.45) is 3.02. The Morgan fingerprint density at radius 2 is 1.96 bits per heavy atom. The number of nitrogens with one attached hydrogen (secondary N) is 2. The van der Waals surface area contributed by atoms with Crippen LogP contribution in [0.1, 0.15) is 22.6 Å². The molecular weight excluding hydrogens is 330 g/mol. The Kier molecular flexibility index (Phi) is 4.38. The first-order valence-corrected chi connectivity index (χ1v) is 8.35. The lowest BCUT2D eigenvalue weighted by atomic mass is 10.1. The summed E-state index contributed by atoms with van der Waals surface area (Å²) in [6.45, 7) is 0.555. The van der Waals surface area contributed by atoms with Crippen molar-refractivity contribution < 1.29 is 4.79 Å². The molecule has 4 aromatic rings. The van der Waals surface area contributed by atoms with E-state index < -0.39 is 0 Å². The summed E-state index contributed by atoms with van der Waals surface area (Å²) < 4.78 is 1.48. The number of fused-ring (bicyclic) bond motifs is 1. The Morgan fingerprint density at radius 3 is 2.81 bits per heavy atom. The molecule has 2 N–H and O–H groups in total.